The first kappa shape index (κ1) is 34.5. The molecule has 4 aliphatic rings. The molecular weight excluding hydrogens is 586 g/mol. The Kier molecular flexibility index (Phi) is 10.3. The lowest BCUT2D eigenvalue weighted by molar-refractivity contribution is -0.146. The maximum absolute atomic E-state index is 14.3. The molecule has 2 heterocycles. The zero-order valence-electron chi connectivity index (χ0n) is 27.1. The van der Waals surface area contributed by atoms with Crippen LogP contribution in [0.4, 0.5) is 4.79 Å². The Morgan fingerprint density at radius 2 is 1.66 bits per heavy atom. The van der Waals surface area contributed by atoms with Crippen molar-refractivity contribution >= 4 is 33.8 Å². The van der Waals surface area contributed by atoms with Gasteiger partial charge in [-0.15, -0.1) is 0 Å². The third-order valence-electron chi connectivity index (χ3n) is 10.6. The van der Waals surface area contributed by atoms with Crippen molar-refractivity contribution in [3.63, 3.8) is 0 Å². The second kappa shape index (κ2) is 13.1. The van der Waals surface area contributed by atoms with Crippen molar-refractivity contribution in [2.24, 2.45) is 16.7 Å². The van der Waals surface area contributed by atoms with Gasteiger partial charge in [0.15, 0.2) is 0 Å². The van der Waals surface area contributed by atoms with E-state index < -0.39 is 62.4 Å². The Morgan fingerprint density at radius 1 is 0.977 bits per heavy atom. The number of urea groups is 1. The molecule has 0 spiro atoms. The van der Waals surface area contributed by atoms with Gasteiger partial charge < -0.3 is 26.0 Å². The van der Waals surface area contributed by atoms with Crippen LogP contribution >= 0.6 is 0 Å². The Hall–Kier alpha value is -2.41. The number of nitrogens with zero attached hydrogens (tertiary/aromatic N) is 2. The summed E-state index contributed by atoms with van der Waals surface area (Å²) >= 11 is 0. The average molecular weight is 640 g/mol. The smallest absolute Gasteiger partial charge is 0.329 e. The Labute approximate surface area is 262 Å². The van der Waals surface area contributed by atoms with Crippen LogP contribution in [-0.4, -0.2) is 95.6 Å². The molecule has 0 aromatic carbocycles. The molecule has 4 rings (SSSR count). The average Bonchev–Trinajstić information content (AvgIpc) is 3.44. The summed E-state index contributed by atoms with van der Waals surface area (Å²) in [6.45, 7) is 10.7. The first-order valence-corrected chi connectivity index (χ1v) is 18.1. The molecule has 0 radical (unpaired) electrons. The maximum atomic E-state index is 14.3. The minimum atomic E-state index is -3.40. The van der Waals surface area contributed by atoms with Crippen molar-refractivity contribution < 1.29 is 32.7 Å². The molecular formula is C31H53N5O7S. The van der Waals surface area contributed by atoms with E-state index in [0.29, 0.717) is 45.2 Å². The van der Waals surface area contributed by atoms with Crippen LogP contribution in [0.1, 0.15) is 105 Å². The summed E-state index contributed by atoms with van der Waals surface area (Å²) in [6.07, 6.45) is 7.81. The second-order valence-corrected chi connectivity index (χ2v) is 16.9. The largest absolute Gasteiger partial charge is 0.479 e. The summed E-state index contributed by atoms with van der Waals surface area (Å²) in [6, 6.07) is -2.75. The Balaban J connectivity index is 1.52. The highest BCUT2D eigenvalue weighted by Gasteiger charge is 2.61. The van der Waals surface area contributed by atoms with Gasteiger partial charge in [-0.25, -0.2) is 18.0 Å². The summed E-state index contributed by atoms with van der Waals surface area (Å²) < 4.78 is 26.9. The predicted octanol–water partition coefficient (Wildman–Crippen LogP) is 2.83. The molecule has 2 saturated carbocycles. The highest BCUT2D eigenvalue weighted by molar-refractivity contribution is 7.89. The number of rotatable bonds is 10. The van der Waals surface area contributed by atoms with E-state index in [0.717, 1.165) is 38.5 Å². The van der Waals surface area contributed by atoms with E-state index >= 15 is 0 Å². The molecule has 0 bridgehead atoms. The van der Waals surface area contributed by atoms with Gasteiger partial charge in [-0.05, 0) is 61.7 Å². The monoisotopic (exact) mass is 639 g/mol. The van der Waals surface area contributed by atoms with Crippen molar-refractivity contribution in [3.05, 3.63) is 0 Å². The lowest BCUT2D eigenvalue weighted by Gasteiger charge is -2.43. The van der Waals surface area contributed by atoms with Gasteiger partial charge in [0.05, 0.1) is 5.75 Å². The molecule has 5 atom stereocenters. The molecule has 12 nitrogen and oxygen atoms in total. The molecule has 44 heavy (non-hydrogen) atoms. The fraction of sp³-hybridized carbons (Fsp3) is 0.871. The zero-order chi connectivity index (χ0) is 32.5. The third kappa shape index (κ3) is 7.35. The first-order valence-electron chi connectivity index (χ1n) is 16.4. The topological polar surface area (TPSA) is 165 Å². The molecule has 4 N–H and O–H groups in total. The normalized spacial score (nSPS) is 29.7. The van der Waals surface area contributed by atoms with Gasteiger partial charge in [-0.2, -0.15) is 4.31 Å². The number of carboxylic acid groups (broad SMARTS) is 1. The molecule has 250 valence electrons. The number of hydrogen-bond acceptors (Lipinski definition) is 6. The van der Waals surface area contributed by atoms with E-state index in [2.05, 4.69) is 16.0 Å². The predicted molar refractivity (Wildman–Crippen MR) is 166 cm³/mol. The number of amides is 4. The van der Waals surface area contributed by atoms with Gasteiger partial charge in [0.2, 0.25) is 21.8 Å². The third-order valence-corrected chi connectivity index (χ3v) is 12.5. The Morgan fingerprint density at radius 3 is 2.23 bits per heavy atom. The lowest BCUT2D eigenvalue weighted by Crippen LogP contribution is -2.63. The molecule has 0 aromatic heterocycles. The zero-order valence-corrected chi connectivity index (χ0v) is 27.9. The number of likely N-dealkylation sites (tertiary alicyclic amines) is 1. The first-order chi connectivity index (χ1) is 20.5. The van der Waals surface area contributed by atoms with Gasteiger partial charge >= 0.3 is 12.0 Å². The van der Waals surface area contributed by atoms with Crippen LogP contribution < -0.4 is 16.0 Å². The summed E-state index contributed by atoms with van der Waals surface area (Å²) in [5.41, 5.74) is -2.27. The number of aliphatic carboxylic acids is 1. The molecule has 13 heteroatoms. The van der Waals surface area contributed by atoms with Crippen LogP contribution in [-0.2, 0) is 24.4 Å². The summed E-state index contributed by atoms with van der Waals surface area (Å²) in [4.78, 5) is 55.0. The van der Waals surface area contributed by atoms with Crippen molar-refractivity contribution in [1.82, 2.24) is 25.2 Å². The van der Waals surface area contributed by atoms with Crippen LogP contribution in [0.25, 0.3) is 0 Å². The minimum absolute atomic E-state index is 0.0995. The molecule has 4 amide bonds. The molecule has 4 fully saturated rings. The fourth-order valence-electron chi connectivity index (χ4n) is 7.36. The van der Waals surface area contributed by atoms with Gasteiger partial charge in [0, 0.05) is 25.7 Å². The highest BCUT2D eigenvalue weighted by atomic mass is 32.2. The molecule has 0 aromatic rings. The summed E-state index contributed by atoms with van der Waals surface area (Å²) in [7, 11) is -3.40. The maximum Gasteiger partial charge on any atom is 0.329 e. The standard InChI is InChI=1S/C31H53N5O7S/c1-6-21-19-31(21,27(39)40)34-25(37)22-13-12-17-36(22)26(38)24(30(5)14-8-7-9-15-30)33-28(41)32-23(29(2,3)4)20-35-16-10-11-18-44(35,42)43/h21-24H,6-20H2,1-5H3,(H,34,37)(H,39,40)(H2,32,33,41)/t21?,22-,23?,24+,31+/m0/s1. The van der Waals surface area contributed by atoms with E-state index in [1.165, 1.54) is 9.21 Å². The molecule has 2 aliphatic heterocycles. The number of nitrogens with one attached hydrogen (secondary N) is 3. The van der Waals surface area contributed by atoms with Crippen molar-refractivity contribution in [2.45, 2.75) is 129 Å². The highest BCUT2D eigenvalue weighted by Crippen LogP contribution is 2.46. The van der Waals surface area contributed by atoms with Gasteiger partial charge in [0.25, 0.3) is 0 Å². The van der Waals surface area contributed by atoms with Crippen LogP contribution in [0.2, 0.25) is 0 Å². The van der Waals surface area contributed by atoms with E-state index in [-0.39, 0.29) is 24.1 Å². The molecule has 2 aliphatic carbocycles. The van der Waals surface area contributed by atoms with Crippen LogP contribution in [0.15, 0.2) is 0 Å². The van der Waals surface area contributed by atoms with Gasteiger partial charge in [-0.1, -0.05) is 60.3 Å². The quantitative estimate of drug-likeness (QED) is 0.285. The minimum Gasteiger partial charge on any atom is -0.479 e. The number of carbonyl (C=O) groups is 4. The molecule has 2 saturated heterocycles. The van der Waals surface area contributed by atoms with E-state index in [1.807, 2.05) is 34.6 Å². The number of hydrogen-bond donors (Lipinski definition) is 4. The lowest BCUT2D eigenvalue weighted by atomic mass is 9.70. The van der Waals surface area contributed by atoms with Crippen molar-refractivity contribution in [3.8, 4) is 0 Å². The van der Waals surface area contributed by atoms with Crippen LogP contribution in [0.3, 0.4) is 0 Å². The van der Waals surface area contributed by atoms with Crippen molar-refractivity contribution in [2.75, 3.05) is 25.4 Å². The number of carboxylic acids is 1. The van der Waals surface area contributed by atoms with Crippen LogP contribution in [0, 0.1) is 16.7 Å². The fourth-order valence-corrected chi connectivity index (χ4v) is 8.97. The number of sulfonamides is 1. The van der Waals surface area contributed by atoms with Gasteiger partial charge in [-0.3, -0.25) is 9.59 Å². The summed E-state index contributed by atoms with van der Waals surface area (Å²) in [5.74, 6) is -1.88. The van der Waals surface area contributed by atoms with Crippen molar-refractivity contribution in [1.29, 1.82) is 0 Å². The van der Waals surface area contributed by atoms with Crippen LogP contribution in [0.5, 0.6) is 0 Å². The van der Waals surface area contributed by atoms with E-state index in [4.69, 9.17) is 0 Å². The SMILES string of the molecule is CCC1C[C@]1(NC(=O)[C@@H]1CCCN1C(=O)[C@@H](NC(=O)NC(CN1CCCCS1(=O)=O)C(C)(C)C)C1(C)CCCCC1)C(=O)O. The molecule has 2 unspecified atom stereocenters. The van der Waals surface area contributed by atoms with E-state index in [1.54, 1.807) is 0 Å². The summed E-state index contributed by atoms with van der Waals surface area (Å²) in [5, 5.41) is 18.6. The second-order valence-electron chi connectivity index (χ2n) is 14.8. The van der Waals surface area contributed by atoms with Gasteiger partial charge in [0.1, 0.15) is 17.6 Å². The number of carbonyl (C=O) groups excluding carboxylic acids is 3. The van der Waals surface area contributed by atoms with E-state index in [9.17, 15) is 32.7 Å². The Bertz CT molecular complexity index is 1210.